The summed E-state index contributed by atoms with van der Waals surface area (Å²) >= 11 is 0. The van der Waals surface area contributed by atoms with Gasteiger partial charge in [0.25, 0.3) is 0 Å². The van der Waals surface area contributed by atoms with Gasteiger partial charge in [-0.1, -0.05) is 6.07 Å². The molecular formula is C15H19ClFN3O. The number of β-amino-alcohol motifs (C(OH)–C–C–N with tert-alkyl or cyclic N) is 1. The van der Waals surface area contributed by atoms with E-state index in [1.54, 1.807) is 12.3 Å². The van der Waals surface area contributed by atoms with Gasteiger partial charge in [0.15, 0.2) is 0 Å². The molecule has 1 aliphatic rings. The summed E-state index contributed by atoms with van der Waals surface area (Å²) in [5.41, 5.74) is 1.67. The van der Waals surface area contributed by atoms with Crippen LogP contribution in [-0.2, 0) is 6.54 Å². The quantitative estimate of drug-likeness (QED) is 0.800. The molecule has 0 amide bonds. The van der Waals surface area contributed by atoms with Crippen LogP contribution in [0.2, 0.25) is 0 Å². The number of benzene rings is 1. The lowest BCUT2D eigenvalue weighted by atomic mass is 10.1. The van der Waals surface area contributed by atoms with Crippen LogP contribution in [-0.4, -0.2) is 35.8 Å². The van der Waals surface area contributed by atoms with Gasteiger partial charge in [-0.15, -0.1) is 12.4 Å². The molecule has 1 aromatic heterocycles. The molecule has 1 aliphatic heterocycles. The molecule has 114 valence electrons. The largest absolute Gasteiger partial charge is 0.391 e. The van der Waals surface area contributed by atoms with Gasteiger partial charge in [0, 0.05) is 43.7 Å². The molecule has 2 unspecified atom stereocenters. The van der Waals surface area contributed by atoms with Gasteiger partial charge in [-0.05, 0) is 23.8 Å². The van der Waals surface area contributed by atoms with Crippen LogP contribution in [0.25, 0.3) is 10.9 Å². The van der Waals surface area contributed by atoms with E-state index in [-0.39, 0.29) is 30.2 Å². The fourth-order valence-electron chi connectivity index (χ4n) is 2.68. The molecule has 4 nitrogen and oxygen atoms in total. The number of aromatic nitrogens is 1. The first kappa shape index (κ1) is 16.1. The Morgan fingerprint density at radius 1 is 1.38 bits per heavy atom. The Morgan fingerprint density at radius 2 is 2.24 bits per heavy atom. The predicted octanol–water partition coefficient (Wildman–Crippen LogP) is 1.47. The number of aliphatic hydroxyl groups is 1. The third-order valence-corrected chi connectivity index (χ3v) is 3.77. The number of hydrogen-bond donors (Lipinski definition) is 3. The van der Waals surface area contributed by atoms with Crippen LogP contribution in [0.5, 0.6) is 0 Å². The van der Waals surface area contributed by atoms with E-state index in [4.69, 9.17) is 0 Å². The summed E-state index contributed by atoms with van der Waals surface area (Å²) in [4.78, 5) is 4.32. The van der Waals surface area contributed by atoms with Gasteiger partial charge in [-0.3, -0.25) is 4.98 Å². The highest BCUT2D eigenvalue weighted by Crippen LogP contribution is 2.18. The Morgan fingerprint density at radius 3 is 3.00 bits per heavy atom. The Kier molecular flexibility index (Phi) is 5.47. The minimum Gasteiger partial charge on any atom is -0.391 e. The number of fused-ring (bicyclic) bond motifs is 1. The highest BCUT2D eigenvalue weighted by Gasteiger charge is 2.24. The van der Waals surface area contributed by atoms with Gasteiger partial charge in [-0.25, -0.2) is 4.39 Å². The molecule has 21 heavy (non-hydrogen) atoms. The van der Waals surface area contributed by atoms with Crippen molar-refractivity contribution in [3.05, 3.63) is 41.8 Å². The van der Waals surface area contributed by atoms with Crippen LogP contribution in [0, 0.1) is 11.7 Å². The van der Waals surface area contributed by atoms with E-state index in [9.17, 15) is 9.50 Å². The average Bonchev–Trinajstić information content (AvgIpc) is 2.84. The van der Waals surface area contributed by atoms with Gasteiger partial charge in [-0.2, -0.15) is 0 Å². The molecule has 2 atom stereocenters. The van der Waals surface area contributed by atoms with Crippen molar-refractivity contribution in [1.82, 2.24) is 15.6 Å². The average molecular weight is 312 g/mol. The van der Waals surface area contributed by atoms with Crippen molar-refractivity contribution in [3.8, 4) is 0 Å². The number of pyridine rings is 1. The first-order valence-corrected chi connectivity index (χ1v) is 6.86. The second-order valence-corrected chi connectivity index (χ2v) is 5.26. The molecule has 2 aromatic rings. The van der Waals surface area contributed by atoms with E-state index in [1.165, 1.54) is 12.1 Å². The van der Waals surface area contributed by atoms with Gasteiger partial charge in [0.05, 0.1) is 11.6 Å². The fourth-order valence-corrected chi connectivity index (χ4v) is 2.68. The molecule has 3 N–H and O–H groups in total. The Hall–Kier alpha value is -1.27. The van der Waals surface area contributed by atoms with Crippen molar-refractivity contribution < 1.29 is 9.50 Å². The molecule has 1 saturated heterocycles. The van der Waals surface area contributed by atoms with Gasteiger partial charge < -0.3 is 15.7 Å². The fraction of sp³-hybridized carbons (Fsp3) is 0.400. The number of hydrogen-bond acceptors (Lipinski definition) is 4. The first-order valence-electron chi connectivity index (χ1n) is 6.86. The lowest BCUT2D eigenvalue weighted by Gasteiger charge is -2.14. The lowest BCUT2D eigenvalue weighted by molar-refractivity contribution is 0.146. The maximum Gasteiger partial charge on any atom is 0.124 e. The van der Waals surface area contributed by atoms with E-state index in [0.717, 1.165) is 23.0 Å². The monoisotopic (exact) mass is 311 g/mol. The Balaban J connectivity index is 0.00000161. The second-order valence-electron chi connectivity index (χ2n) is 5.26. The van der Waals surface area contributed by atoms with E-state index in [2.05, 4.69) is 15.6 Å². The van der Waals surface area contributed by atoms with Crippen molar-refractivity contribution in [1.29, 1.82) is 0 Å². The van der Waals surface area contributed by atoms with Gasteiger partial charge in [0.1, 0.15) is 5.82 Å². The minimum atomic E-state index is -0.301. The summed E-state index contributed by atoms with van der Waals surface area (Å²) in [5, 5.41) is 17.0. The number of nitrogens with one attached hydrogen (secondary N) is 2. The maximum absolute atomic E-state index is 13.6. The standard InChI is InChI=1S/C15H18FN3O.ClH/c16-13-4-10-2-1-3-19-15(10)11(5-13)6-17-7-12-8-18-9-14(12)20;/h1-5,12,14,17-18,20H,6-9H2;1H. The summed E-state index contributed by atoms with van der Waals surface area (Å²) < 4.78 is 13.6. The van der Waals surface area contributed by atoms with E-state index in [1.807, 2.05) is 6.07 Å². The summed E-state index contributed by atoms with van der Waals surface area (Å²) in [5.74, 6) is -0.0346. The van der Waals surface area contributed by atoms with Gasteiger partial charge >= 0.3 is 0 Å². The highest BCUT2D eigenvalue weighted by atomic mass is 35.5. The SMILES string of the molecule is Cl.OC1CNCC1CNCc1cc(F)cc2cccnc12. The van der Waals surface area contributed by atoms with Crippen LogP contribution in [0.4, 0.5) is 4.39 Å². The van der Waals surface area contributed by atoms with Gasteiger partial charge in [0.2, 0.25) is 0 Å². The van der Waals surface area contributed by atoms with Crippen molar-refractivity contribution >= 4 is 23.3 Å². The van der Waals surface area contributed by atoms with Crippen molar-refractivity contribution in [2.24, 2.45) is 5.92 Å². The number of nitrogens with zero attached hydrogens (tertiary/aromatic N) is 1. The first-order chi connectivity index (χ1) is 9.74. The zero-order valence-corrected chi connectivity index (χ0v) is 12.4. The second kappa shape index (κ2) is 7.13. The Bertz CT molecular complexity index is 610. The van der Waals surface area contributed by atoms with E-state index >= 15 is 0 Å². The zero-order chi connectivity index (χ0) is 13.9. The van der Waals surface area contributed by atoms with E-state index < -0.39 is 0 Å². The third kappa shape index (κ3) is 3.68. The molecule has 0 saturated carbocycles. The van der Waals surface area contributed by atoms with Crippen LogP contribution in [0.1, 0.15) is 5.56 Å². The van der Waals surface area contributed by atoms with Crippen LogP contribution in [0.3, 0.4) is 0 Å². The smallest absolute Gasteiger partial charge is 0.124 e. The molecule has 1 fully saturated rings. The van der Waals surface area contributed by atoms with Crippen LogP contribution < -0.4 is 10.6 Å². The molecule has 6 heteroatoms. The molecule has 0 aliphatic carbocycles. The summed E-state index contributed by atoms with van der Waals surface area (Å²) in [6.45, 7) is 2.72. The zero-order valence-electron chi connectivity index (χ0n) is 11.6. The van der Waals surface area contributed by atoms with Crippen molar-refractivity contribution in [2.75, 3.05) is 19.6 Å². The number of halogens is 2. The maximum atomic E-state index is 13.6. The topological polar surface area (TPSA) is 57.2 Å². The Labute approximate surface area is 129 Å². The number of rotatable bonds is 4. The number of aliphatic hydroxyl groups excluding tert-OH is 1. The third-order valence-electron chi connectivity index (χ3n) is 3.77. The summed E-state index contributed by atoms with van der Waals surface area (Å²) in [6.07, 6.45) is 1.42. The lowest BCUT2D eigenvalue weighted by Crippen LogP contribution is -2.30. The summed E-state index contributed by atoms with van der Waals surface area (Å²) in [7, 11) is 0. The minimum absolute atomic E-state index is 0. The van der Waals surface area contributed by atoms with Crippen LogP contribution in [0.15, 0.2) is 30.5 Å². The normalized spacial score (nSPS) is 21.4. The molecule has 0 radical (unpaired) electrons. The highest BCUT2D eigenvalue weighted by molar-refractivity contribution is 5.85. The van der Waals surface area contributed by atoms with Crippen LogP contribution >= 0.6 is 12.4 Å². The van der Waals surface area contributed by atoms with Crippen molar-refractivity contribution in [3.63, 3.8) is 0 Å². The molecule has 0 bridgehead atoms. The molecule has 2 heterocycles. The molecule has 3 rings (SSSR count). The molecule has 0 spiro atoms. The predicted molar refractivity (Wildman–Crippen MR) is 83.0 cm³/mol. The molecule has 1 aromatic carbocycles. The molecular weight excluding hydrogens is 293 g/mol. The van der Waals surface area contributed by atoms with E-state index in [0.29, 0.717) is 19.6 Å². The van der Waals surface area contributed by atoms with Crippen molar-refractivity contribution in [2.45, 2.75) is 12.6 Å². The summed E-state index contributed by atoms with van der Waals surface area (Å²) in [6, 6.07) is 6.68.